The number of ether oxygens (including phenoxy) is 1. The zero-order valence-electron chi connectivity index (χ0n) is 10.3. The van der Waals surface area contributed by atoms with Gasteiger partial charge in [-0.1, -0.05) is 0 Å². The van der Waals surface area contributed by atoms with Crippen LogP contribution in [0.3, 0.4) is 0 Å². The molecule has 0 aromatic rings. The van der Waals surface area contributed by atoms with Gasteiger partial charge < -0.3 is 10.1 Å². The van der Waals surface area contributed by atoms with Gasteiger partial charge in [-0.2, -0.15) is 0 Å². The summed E-state index contributed by atoms with van der Waals surface area (Å²) in [6.07, 6.45) is 5.38. The quantitative estimate of drug-likeness (QED) is 0.799. The molecule has 0 radical (unpaired) electrons. The van der Waals surface area contributed by atoms with Crippen LogP contribution in [0.1, 0.15) is 25.7 Å². The lowest BCUT2D eigenvalue weighted by atomic mass is 10.0. The molecule has 2 fully saturated rings. The predicted octanol–water partition coefficient (Wildman–Crippen LogP) is 1.52. The summed E-state index contributed by atoms with van der Waals surface area (Å²) in [6.45, 7) is 5.73. The molecule has 2 aliphatic heterocycles. The van der Waals surface area contributed by atoms with Crippen LogP contribution >= 0.6 is 12.4 Å². The van der Waals surface area contributed by atoms with E-state index in [-0.39, 0.29) is 12.4 Å². The van der Waals surface area contributed by atoms with Gasteiger partial charge in [0.05, 0.1) is 0 Å². The van der Waals surface area contributed by atoms with Crippen molar-refractivity contribution in [3.05, 3.63) is 0 Å². The second-order valence-electron chi connectivity index (χ2n) is 4.91. The third-order valence-electron chi connectivity index (χ3n) is 3.79. The van der Waals surface area contributed by atoms with Gasteiger partial charge in [-0.3, -0.25) is 4.90 Å². The van der Waals surface area contributed by atoms with Gasteiger partial charge in [0.25, 0.3) is 0 Å². The Hall–Kier alpha value is 0.170. The summed E-state index contributed by atoms with van der Waals surface area (Å²) in [4.78, 5) is 2.66. The topological polar surface area (TPSA) is 24.5 Å². The summed E-state index contributed by atoms with van der Waals surface area (Å²) in [5.41, 5.74) is 0. The van der Waals surface area contributed by atoms with Crippen LogP contribution in [0.25, 0.3) is 0 Å². The van der Waals surface area contributed by atoms with E-state index in [1.165, 1.54) is 38.8 Å². The molecule has 1 N–H and O–H groups in total. The molecule has 0 amide bonds. The third-order valence-corrected chi connectivity index (χ3v) is 3.79. The van der Waals surface area contributed by atoms with E-state index < -0.39 is 0 Å². The molecule has 96 valence electrons. The van der Waals surface area contributed by atoms with Gasteiger partial charge in [0.1, 0.15) is 0 Å². The Morgan fingerprint density at radius 1 is 1.38 bits per heavy atom. The first-order valence-corrected chi connectivity index (χ1v) is 6.36. The molecule has 3 nitrogen and oxygen atoms in total. The maximum atomic E-state index is 5.42. The maximum Gasteiger partial charge on any atom is 0.0495 e. The van der Waals surface area contributed by atoms with E-state index in [4.69, 9.17) is 4.74 Å². The van der Waals surface area contributed by atoms with Crippen molar-refractivity contribution in [3.63, 3.8) is 0 Å². The Kier molecular flexibility index (Phi) is 6.66. The fourth-order valence-corrected chi connectivity index (χ4v) is 2.82. The Morgan fingerprint density at radius 3 is 2.94 bits per heavy atom. The second kappa shape index (κ2) is 7.49. The summed E-state index contributed by atoms with van der Waals surface area (Å²) in [7, 11) is 2.06. The number of likely N-dealkylation sites (tertiary alicyclic amines) is 1. The van der Waals surface area contributed by atoms with Crippen molar-refractivity contribution in [2.45, 2.75) is 31.7 Å². The molecule has 0 saturated carbocycles. The molecule has 2 heterocycles. The summed E-state index contributed by atoms with van der Waals surface area (Å²) in [6, 6.07) is 0.789. The first-order chi connectivity index (χ1) is 7.40. The minimum Gasteiger partial charge on any atom is -0.381 e. The van der Waals surface area contributed by atoms with Crippen LogP contribution in [0.5, 0.6) is 0 Å². The van der Waals surface area contributed by atoms with Gasteiger partial charge >= 0.3 is 0 Å². The number of likely N-dealkylation sites (N-methyl/N-ethyl adjacent to an activating group) is 1. The van der Waals surface area contributed by atoms with E-state index in [1.54, 1.807) is 0 Å². The van der Waals surface area contributed by atoms with Crippen LogP contribution in [0, 0.1) is 5.92 Å². The Labute approximate surface area is 105 Å². The number of halogens is 1. The largest absolute Gasteiger partial charge is 0.381 e. The van der Waals surface area contributed by atoms with E-state index in [1.807, 2.05) is 0 Å². The number of nitrogens with one attached hydrogen (secondary N) is 1. The second-order valence-corrected chi connectivity index (χ2v) is 4.91. The summed E-state index contributed by atoms with van der Waals surface area (Å²) in [5.74, 6) is 0.834. The fraction of sp³-hybridized carbons (Fsp3) is 1.00. The standard InChI is InChI=1S/C12H24N2O.ClH/c1-13-9-12-3-2-6-14(12)7-4-11-5-8-15-10-11;/h11-13H,2-10H2,1H3;1H. The van der Waals surface area contributed by atoms with Crippen LogP contribution < -0.4 is 5.32 Å². The summed E-state index contributed by atoms with van der Waals surface area (Å²) >= 11 is 0. The first kappa shape index (κ1) is 14.2. The van der Waals surface area contributed by atoms with Gasteiger partial charge in [-0.25, -0.2) is 0 Å². The van der Waals surface area contributed by atoms with E-state index in [0.29, 0.717) is 0 Å². The zero-order chi connectivity index (χ0) is 10.5. The summed E-state index contributed by atoms with van der Waals surface area (Å²) < 4.78 is 5.42. The van der Waals surface area contributed by atoms with Gasteiger partial charge in [-0.05, 0) is 51.7 Å². The molecule has 0 aliphatic carbocycles. The van der Waals surface area contributed by atoms with E-state index in [0.717, 1.165) is 31.7 Å². The highest BCUT2D eigenvalue weighted by Gasteiger charge is 2.25. The molecule has 2 saturated heterocycles. The zero-order valence-corrected chi connectivity index (χ0v) is 11.1. The molecule has 0 bridgehead atoms. The minimum absolute atomic E-state index is 0. The van der Waals surface area contributed by atoms with Crippen molar-refractivity contribution in [3.8, 4) is 0 Å². The number of hydrogen-bond acceptors (Lipinski definition) is 3. The molecule has 0 aromatic carbocycles. The van der Waals surface area contributed by atoms with Gasteiger partial charge in [0.15, 0.2) is 0 Å². The molecule has 2 unspecified atom stereocenters. The number of nitrogens with zero attached hydrogens (tertiary/aromatic N) is 1. The summed E-state index contributed by atoms with van der Waals surface area (Å²) in [5, 5.41) is 3.30. The average Bonchev–Trinajstić information content (AvgIpc) is 2.85. The van der Waals surface area contributed by atoms with Crippen LogP contribution in [0.15, 0.2) is 0 Å². The molecule has 0 aromatic heterocycles. The Bertz CT molecular complexity index is 186. The number of rotatable bonds is 5. The van der Waals surface area contributed by atoms with Crippen LogP contribution in [-0.2, 0) is 4.74 Å². The van der Waals surface area contributed by atoms with E-state index in [9.17, 15) is 0 Å². The molecule has 2 rings (SSSR count). The first-order valence-electron chi connectivity index (χ1n) is 6.36. The fourth-order valence-electron chi connectivity index (χ4n) is 2.82. The lowest BCUT2D eigenvalue weighted by molar-refractivity contribution is 0.175. The van der Waals surface area contributed by atoms with Gasteiger partial charge in [0, 0.05) is 25.8 Å². The third kappa shape index (κ3) is 3.88. The van der Waals surface area contributed by atoms with Crippen molar-refractivity contribution in [1.82, 2.24) is 10.2 Å². The van der Waals surface area contributed by atoms with E-state index in [2.05, 4.69) is 17.3 Å². The smallest absolute Gasteiger partial charge is 0.0495 e. The lowest BCUT2D eigenvalue weighted by Crippen LogP contribution is -2.37. The van der Waals surface area contributed by atoms with Crippen molar-refractivity contribution in [2.75, 3.05) is 39.9 Å². The number of hydrogen-bond donors (Lipinski definition) is 1. The normalized spacial score (nSPS) is 30.6. The maximum absolute atomic E-state index is 5.42. The molecule has 4 heteroatoms. The highest BCUT2D eigenvalue weighted by Crippen LogP contribution is 2.21. The SMILES string of the molecule is CNCC1CCCN1CCC1CCOC1.Cl. The van der Waals surface area contributed by atoms with E-state index >= 15 is 0 Å². The molecule has 2 atom stereocenters. The molecule has 2 aliphatic rings. The van der Waals surface area contributed by atoms with Crippen LogP contribution in [0.4, 0.5) is 0 Å². The lowest BCUT2D eigenvalue weighted by Gasteiger charge is -2.25. The average molecular weight is 249 g/mol. The molecular weight excluding hydrogens is 224 g/mol. The highest BCUT2D eigenvalue weighted by molar-refractivity contribution is 5.85. The molecular formula is C12H25ClN2O. The molecule has 16 heavy (non-hydrogen) atoms. The van der Waals surface area contributed by atoms with Crippen molar-refractivity contribution in [1.29, 1.82) is 0 Å². The van der Waals surface area contributed by atoms with Gasteiger partial charge in [0.2, 0.25) is 0 Å². The molecule has 0 spiro atoms. The Balaban J connectivity index is 0.00000128. The Morgan fingerprint density at radius 2 is 2.25 bits per heavy atom. The van der Waals surface area contributed by atoms with Crippen LogP contribution in [0.2, 0.25) is 0 Å². The van der Waals surface area contributed by atoms with Crippen molar-refractivity contribution >= 4 is 12.4 Å². The minimum atomic E-state index is 0. The highest BCUT2D eigenvalue weighted by atomic mass is 35.5. The monoisotopic (exact) mass is 248 g/mol. The van der Waals surface area contributed by atoms with Gasteiger partial charge in [-0.15, -0.1) is 12.4 Å². The van der Waals surface area contributed by atoms with Crippen LogP contribution in [-0.4, -0.2) is 50.8 Å². The van der Waals surface area contributed by atoms with Crippen molar-refractivity contribution < 1.29 is 4.74 Å². The van der Waals surface area contributed by atoms with Crippen molar-refractivity contribution in [2.24, 2.45) is 5.92 Å². The predicted molar refractivity (Wildman–Crippen MR) is 69.3 cm³/mol.